The fourth-order valence-corrected chi connectivity index (χ4v) is 2.76. The van der Waals surface area contributed by atoms with Crippen LogP contribution in [0, 0.1) is 0 Å². The summed E-state index contributed by atoms with van der Waals surface area (Å²) in [4.78, 5) is 0. The lowest BCUT2D eigenvalue weighted by molar-refractivity contribution is 0.419. The summed E-state index contributed by atoms with van der Waals surface area (Å²) in [6, 6.07) is 9.84. The number of hydrogen-bond acceptors (Lipinski definition) is 3. The molecule has 1 heterocycles. The maximum absolute atomic E-state index is 10.4. The van der Waals surface area contributed by atoms with E-state index in [0.29, 0.717) is 11.7 Å². The van der Waals surface area contributed by atoms with Crippen LogP contribution in [0.4, 0.5) is 0 Å². The number of phenolic OH excluding ortho intramolecular Hbond substituents is 1. The maximum atomic E-state index is 10.4. The van der Waals surface area contributed by atoms with Crippen LogP contribution < -0.4 is 10.1 Å². The van der Waals surface area contributed by atoms with E-state index < -0.39 is 0 Å². The molecule has 1 aliphatic rings. The van der Waals surface area contributed by atoms with Crippen molar-refractivity contribution in [1.29, 1.82) is 0 Å². The second kappa shape index (κ2) is 4.50. The highest BCUT2D eigenvalue weighted by molar-refractivity contribution is 5.94. The molecule has 3 heteroatoms. The van der Waals surface area contributed by atoms with E-state index in [4.69, 9.17) is 4.74 Å². The molecule has 1 fully saturated rings. The van der Waals surface area contributed by atoms with Gasteiger partial charge in [-0.05, 0) is 24.6 Å². The van der Waals surface area contributed by atoms with Gasteiger partial charge in [0.1, 0.15) is 11.5 Å². The molecular weight excluding hydrogens is 226 g/mol. The molecule has 0 bridgehead atoms. The summed E-state index contributed by atoms with van der Waals surface area (Å²) in [5.41, 5.74) is 1.04. The molecule has 1 atom stereocenters. The topological polar surface area (TPSA) is 41.5 Å². The first-order valence-corrected chi connectivity index (χ1v) is 6.30. The van der Waals surface area contributed by atoms with E-state index in [-0.39, 0.29) is 0 Å². The SMILES string of the molecule is COc1cccc2c(O)c(C3CCNC3)ccc12. The molecule has 0 aliphatic carbocycles. The average molecular weight is 243 g/mol. The van der Waals surface area contributed by atoms with E-state index in [1.165, 1.54) is 0 Å². The molecule has 1 saturated heterocycles. The summed E-state index contributed by atoms with van der Waals surface area (Å²) in [5.74, 6) is 1.62. The van der Waals surface area contributed by atoms with Crippen molar-refractivity contribution in [2.45, 2.75) is 12.3 Å². The van der Waals surface area contributed by atoms with Gasteiger partial charge in [0.2, 0.25) is 0 Å². The first-order chi connectivity index (χ1) is 8.81. The Kier molecular flexibility index (Phi) is 2.84. The maximum Gasteiger partial charge on any atom is 0.127 e. The first kappa shape index (κ1) is 11.4. The van der Waals surface area contributed by atoms with E-state index >= 15 is 0 Å². The van der Waals surface area contributed by atoms with Crippen molar-refractivity contribution in [2.24, 2.45) is 0 Å². The second-order valence-electron chi connectivity index (χ2n) is 4.75. The average Bonchev–Trinajstić information content (AvgIpc) is 2.92. The van der Waals surface area contributed by atoms with Gasteiger partial charge in [-0.15, -0.1) is 0 Å². The molecule has 18 heavy (non-hydrogen) atoms. The Morgan fingerprint density at radius 2 is 2.11 bits per heavy atom. The smallest absolute Gasteiger partial charge is 0.127 e. The van der Waals surface area contributed by atoms with Gasteiger partial charge in [-0.1, -0.05) is 24.3 Å². The molecule has 94 valence electrons. The molecular formula is C15H17NO2. The van der Waals surface area contributed by atoms with Crippen molar-refractivity contribution in [3.8, 4) is 11.5 Å². The van der Waals surface area contributed by atoms with Crippen molar-refractivity contribution < 1.29 is 9.84 Å². The Balaban J connectivity index is 2.16. The standard InChI is InChI=1S/C15H17NO2/c1-18-14-4-2-3-13-12(14)6-5-11(15(13)17)10-7-8-16-9-10/h2-6,10,16-17H,7-9H2,1H3. The Bertz CT molecular complexity index is 574. The summed E-state index contributed by atoms with van der Waals surface area (Å²) in [5, 5.41) is 15.6. The zero-order chi connectivity index (χ0) is 12.5. The minimum atomic E-state index is 0.403. The third-order valence-electron chi connectivity index (χ3n) is 3.74. The van der Waals surface area contributed by atoms with Gasteiger partial charge in [0.05, 0.1) is 7.11 Å². The number of benzene rings is 2. The summed E-state index contributed by atoms with van der Waals surface area (Å²) in [6.07, 6.45) is 1.09. The van der Waals surface area contributed by atoms with E-state index in [1.807, 2.05) is 30.3 Å². The van der Waals surface area contributed by atoms with E-state index in [9.17, 15) is 5.11 Å². The van der Waals surface area contributed by atoms with Crippen LogP contribution in [-0.4, -0.2) is 25.3 Å². The van der Waals surface area contributed by atoms with Gasteiger partial charge in [-0.2, -0.15) is 0 Å². The van der Waals surface area contributed by atoms with Crippen LogP contribution >= 0.6 is 0 Å². The largest absolute Gasteiger partial charge is 0.507 e. The van der Waals surface area contributed by atoms with Gasteiger partial charge in [0.15, 0.2) is 0 Å². The zero-order valence-corrected chi connectivity index (χ0v) is 10.4. The number of nitrogens with one attached hydrogen (secondary N) is 1. The monoisotopic (exact) mass is 243 g/mol. The molecule has 2 aromatic carbocycles. The highest BCUT2D eigenvalue weighted by Crippen LogP contribution is 2.38. The number of methoxy groups -OCH3 is 1. The molecule has 1 unspecified atom stereocenters. The Morgan fingerprint density at radius 1 is 1.22 bits per heavy atom. The quantitative estimate of drug-likeness (QED) is 0.852. The zero-order valence-electron chi connectivity index (χ0n) is 10.4. The van der Waals surface area contributed by atoms with Crippen LogP contribution in [0.2, 0.25) is 0 Å². The van der Waals surface area contributed by atoms with Crippen LogP contribution in [0.3, 0.4) is 0 Å². The predicted molar refractivity (Wildman–Crippen MR) is 72.4 cm³/mol. The Morgan fingerprint density at radius 3 is 2.83 bits per heavy atom. The molecule has 0 radical (unpaired) electrons. The molecule has 3 nitrogen and oxygen atoms in total. The number of hydrogen-bond donors (Lipinski definition) is 2. The number of aromatic hydroxyl groups is 1. The Hall–Kier alpha value is -1.74. The number of phenols is 1. The van der Waals surface area contributed by atoms with Crippen molar-refractivity contribution in [1.82, 2.24) is 5.32 Å². The van der Waals surface area contributed by atoms with Crippen molar-refractivity contribution >= 4 is 10.8 Å². The number of ether oxygens (including phenoxy) is 1. The summed E-state index contributed by atoms with van der Waals surface area (Å²) < 4.78 is 5.32. The highest BCUT2D eigenvalue weighted by Gasteiger charge is 2.21. The minimum Gasteiger partial charge on any atom is -0.507 e. The Labute approximate surface area is 106 Å². The van der Waals surface area contributed by atoms with Gasteiger partial charge < -0.3 is 15.2 Å². The third-order valence-corrected chi connectivity index (χ3v) is 3.74. The van der Waals surface area contributed by atoms with Crippen molar-refractivity contribution in [2.75, 3.05) is 20.2 Å². The number of fused-ring (bicyclic) bond motifs is 1. The lowest BCUT2D eigenvalue weighted by Crippen LogP contribution is -2.08. The van der Waals surface area contributed by atoms with Gasteiger partial charge in [0, 0.05) is 23.2 Å². The minimum absolute atomic E-state index is 0.403. The molecule has 0 spiro atoms. The van der Waals surface area contributed by atoms with Gasteiger partial charge in [-0.3, -0.25) is 0 Å². The van der Waals surface area contributed by atoms with Crippen LogP contribution in [-0.2, 0) is 0 Å². The molecule has 2 N–H and O–H groups in total. The van der Waals surface area contributed by atoms with Crippen molar-refractivity contribution in [3.63, 3.8) is 0 Å². The van der Waals surface area contributed by atoms with Crippen LogP contribution in [0.25, 0.3) is 10.8 Å². The third kappa shape index (κ3) is 1.71. The summed E-state index contributed by atoms with van der Waals surface area (Å²) >= 11 is 0. The second-order valence-corrected chi connectivity index (χ2v) is 4.75. The summed E-state index contributed by atoms with van der Waals surface area (Å²) in [6.45, 7) is 1.98. The molecule has 0 amide bonds. The molecule has 0 saturated carbocycles. The van der Waals surface area contributed by atoms with Crippen LogP contribution in [0.15, 0.2) is 30.3 Å². The fraction of sp³-hybridized carbons (Fsp3) is 0.333. The van der Waals surface area contributed by atoms with Crippen LogP contribution in [0.1, 0.15) is 17.9 Å². The molecule has 1 aliphatic heterocycles. The molecule has 3 rings (SSSR count). The first-order valence-electron chi connectivity index (χ1n) is 6.30. The van der Waals surface area contributed by atoms with Gasteiger partial charge >= 0.3 is 0 Å². The molecule has 0 aromatic heterocycles. The van der Waals surface area contributed by atoms with E-state index in [1.54, 1.807) is 7.11 Å². The molecule has 2 aromatic rings. The van der Waals surface area contributed by atoms with E-state index in [0.717, 1.165) is 41.6 Å². The predicted octanol–water partition coefficient (Wildman–Crippen LogP) is 2.63. The normalized spacial score (nSPS) is 19.3. The number of rotatable bonds is 2. The lowest BCUT2D eigenvalue weighted by Gasteiger charge is -2.14. The highest BCUT2D eigenvalue weighted by atomic mass is 16.5. The van der Waals surface area contributed by atoms with Crippen LogP contribution in [0.5, 0.6) is 11.5 Å². The van der Waals surface area contributed by atoms with Gasteiger partial charge in [-0.25, -0.2) is 0 Å². The van der Waals surface area contributed by atoms with Gasteiger partial charge in [0.25, 0.3) is 0 Å². The van der Waals surface area contributed by atoms with E-state index in [2.05, 4.69) is 5.32 Å². The van der Waals surface area contributed by atoms with Crippen molar-refractivity contribution in [3.05, 3.63) is 35.9 Å². The lowest BCUT2D eigenvalue weighted by atomic mass is 9.94. The fourth-order valence-electron chi connectivity index (χ4n) is 2.76. The summed E-state index contributed by atoms with van der Waals surface area (Å²) in [7, 11) is 1.65.